The average Bonchev–Trinajstić information content (AvgIpc) is 2.72. The molecular formula is C11H23Br. The molecule has 0 heterocycles. The van der Waals surface area contributed by atoms with Gasteiger partial charge in [0.1, 0.15) is 0 Å². The molecule has 0 saturated heterocycles. The highest BCUT2D eigenvalue weighted by Crippen LogP contribution is 2.43. The van der Waals surface area contributed by atoms with Gasteiger partial charge in [0.2, 0.25) is 0 Å². The van der Waals surface area contributed by atoms with Gasteiger partial charge in [-0.2, -0.15) is 0 Å². The second kappa shape index (κ2) is 8.10. The minimum absolute atomic E-state index is 1.06. The Kier molecular flexibility index (Phi) is 8.42. The van der Waals surface area contributed by atoms with Crippen molar-refractivity contribution in [2.45, 2.75) is 52.9 Å². The second-order valence-corrected chi connectivity index (χ2v) is 4.51. The van der Waals surface area contributed by atoms with Crippen LogP contribution in [0.1, 0.15) is 52.9 Å². The van der Waals surface area contributed by atoms with Crippen LogP contribution in [0.5, 0.6) is 0 Å². The summed E-state index contributed by atoms with van der Waals surface area (Å²) in [6.45, 7) is 6.04. The summed E-state index contributed by atoms with van der Waals surface area (Å²) in [5, 5.41) is 1.06. The minimum atomic E-state index is 1.06. The molecule has 2 saturated carbocycles. The van der Waals surface area contributed by atoms with E-state index in [-0.39, 0.29) is 0 Å². The zero-order valence-electron chi connectivity index (χ0n) is 8.78. The van der Waals surface area contributed by atoms with E-state index in [0.29, 0.717) is 0 Å². The molecule has 0 atom stereocenters. The summed E-state index contributed by atoms with van der Waals surface area (Å²) in [5.41, 5.74) is 0. The van der Waals surface area contributed by atoms with Crippen LogP contribution in [0.15, 0.2) is 0 Å². The molecule has 0 unspecified atom stereocenters. The lowest BCUT2D eigenvalue weighted by Crippen LogP contribution is -1.90. The standard InChI is InChI=1S/C7H12.C2H5Br.C2H6/c1-2-7-4-3-6(1)5-7;1-2-3;1-2/h6-7H,1-5H2;2H2,1H3;1-2H3. The first kappa shape index (κ1) is 12.5. The summed E-state index contributed by atoms with van der Waals surface area (Å²) < 4.78 is 0. The van der Waals surface area contributed by atoms with E-state index in [1.54, 1.807) is 32.1 Å². The summed E-state index contributed by atoms with van der Waals surface area (Å²) >= 11 is 3.15. The molecule has 0 spiro atoms. The van der Waals surface area contributed by atoms with Crippen molar-refractivity contribution in [2.24, 2.45) is 11.8 Å². The molecule has 2 aliphatic rings. The maximum absolute atomic E-state index is 3.15. The van der Waals surface area contributed by atoms with Crippen molar-refractivity contribution < 1.29 is 0 Å². The van der Waals surface area contributed by atoms with E-state index in [1.807, 2.05) is 20.8 Å². The van der Waals surface area contributed by atoms with Gasteiger partial charge in [-0.05, 0) is 18.3 Å². The van der Waals surface area contributed by atoms with E-state index in [0.717, 1.165) is 5.33 Å². The molecule has 0 amide bonds. The maximum Gasteiger partial charge on any atom is 0.000281 e. The molecule has 2 bridgehead atoms. The fraction of sp³-hybridized carbons (Fsp3) is 1.00. The molecule has 0 aromatic carbocycles. The van der Waals surface area contributed by atoms with E-state index in [2.05, 4.69) is 15.9 Å². The molecule has 12 heavy (non-hydrogen) atoms. The van der Waals surface area contributed by atoms with E-state index in [9.17, 15) is 0 Å². The Morgan fingerprint density at radius 2 is 1.25 bits per heavy atom. The quantitative estimate of drug-likeness (QED) is 0.537. The molecule has 0 N–H and O–H groups in total. The largest absolute Gasteiger partial charge is 0.0931 e. The second-order valence-electron chi connectivity index (χ2n) is 3.39. The van der Waals surface area contributed by atoms with Crippen molar-refractivity contribution in [3.05, 3.63) is 0 Å². The van der Waals surface area contributed by atoms with Crippen LogP contribution >= 0.6 is 15.9 Å². The third-order valence-corrected chi connectivity index (χ3v) is 2.63. The van der Waals surface area contributed by atoms with Crippen LogP contribution in [0, 0.1) is 11.8 Å². The highest BCUT2D eigenvalue weighted by Gasteiger charge is 2.30. The van der Waals surface area contributed by atoms with Gasteiger partial charge in [-0.15, -0.1) is 0 Å². The Balaban J connectivity index is 0.000000211. The van der Waals surface area contributed by atoms with Gasteiger partial charge in [-0.3, -0.25) is 0 Å². The molecule has 0 nitrogen and oxygen atoms in total. The van der Waals surface area contributed by atoms with Crippen LogP contribution in [0.2, 0.25) is 0 Å². The molecule has 1 heteroatoms. The van der Waals surface area contributed by atoms with Crippen LogP contribution in [0.4, 0.5) is 0 Å². The van der Waals surface area contributed by atoms with Gasteiger partial charge >= 0.3 is 0 Å². The fourth-order valence-corrected chi connectivity index (χ4v) is 2.17. The smallest absolute Gasteiger partial charge is 0.000281 e. The first-order valence-corrected chi connectivity index (χ1v) is 6.55. The third-order valence-electron chi connectivity index (χ3n) is 2.63. The Morgan fingerprint density at radius 3 is 1.33 bits per heavy atom. The maximum atomic E-state index is 3.15. The molecular weight excluding hydrogens is 212 g/mol. The predicted molar refractivity (Wildman–Crippen MR) is 60.9 cm³/mol. The zero-order valence-corrected chi connectivity index (χ0v) is 10.4. The van der Waals surface area contributed by atoms with Gasteiger partial charge in [-0.1, -0.05) is 62.4 Å². The van der Waals surface area contributed by atoms with Crippen molar-refractivity contribution in [3.8, 4) is 0 Å². The summed E-state index contributed by atoms with van der Waals surface area (Å²) in [6, 6.07) is 0. The first-order chi connectivity index (χ1) is 5.86. The summed E-state index contributed by atoms with van der Waals surface area (Å²) in [5.74, 6) is 2.34. The molecule has 2 fully saturated rings. The lowest BCUT2D eigenvalue weighted by Gasteiger charge is -2.05. The SMILES string of the molecule is C1CC2CCC1C2.CC.CCBr. The topological polar surface area (TPSA) is 0 Å². The van der Waals surface area contributed by atoms with E-state index in [4.69, 9.17) is 0 Å². The third kappa shape index (κ3) is 4.49. The van der Waals surface area contributed by atoms with Gasteiger partial charge in [0.15, 0.2) is 0 Å². The van der Waals surface area contributed by atoms with Gasteiger partial charge in [0.05, 0.1) is 0 Å². The molecule has 0 aromatic rings. The monoisotopic (exact) mass is 234 g/mol. The highest BCUT2D eigenvalue weighted by atomic mass is 79.9. The molecule has 0 radical (unpaired) electrons. The van der Waals surface area contributed by atoms with E-state index >= 15 is 0 Å². The number of halogens is 1. The Bertz CT molecular complexity index is 73.0. The van der Waals surface area contributed by atoms with E-state index in [1.165, 1.54) is 11.8 Å². The van der Waals surface area contributed by atoms with Crippen LogP contribution in [0.3, 0.4) is 0 Å². The molecule has 0 aliphatic heterocycles. The number of rotatable bonds is 0. The molecule has 74 valence electrons. The van der Waals surface area contributed by atoms with Crippen molar-refractivity contribution in [1.29, 1.82) is 0 Å². The lowest BCUT2D eigenvalue weighted by molar-refractivity contribution is 0.480. The molecule has 2 rings (SSSR count). The fourth-order valence-electron chi connectivity index (χ4n) is 2.17. The Morgan fingerprint density at radius 1 is 1.00 bits per heavy atom. The zero-order chi connectivity index (χ0) is 9.40. The average molecular weight is 235 g/mol. The number of fused-ring (bicyclic) bond motifs is 2. The number of hydrogen-bond donors (Lipinski definition) is 0. The molecule has 0 aromatic heterocycles. The van der Waals surface area contributed by atoms with Crippen molar-refractivity contribution >= 4 is 15.9 Å². The number of hydrogen-bond acceptors (Lipinski definition) is 0. The highest BCUT2D eigenvalue weighted by molar-refractivity contribution is 9.09. The van der Waals surface area contributed by atoms with Crippen LogP contribution in [0.25, 0.3) is 0 Å². The van der Waals surface area contributed by atoms with Crippen molar-refractivity contribution in [2.75, 3.05) is 5.33 Å². The molecule has 2 aliphatic carbocycles. The summed E-state index contributed by atoms with van der Waals surface area (Å²) in [6.07, 6.45) is 7.82. The van der Waals surface area contributed by atoms with Gasteiger partial charge in [-0.25, -0.2) is 0 Å². The van der Waals surface area contributed by atoms with Gasteiger partial charge in [0.25, 0.3) is 0 Å². The minimum Gasteiger partial charge on any atom is -0.0931 e. The van der Waals surface area contributed by atoms with Gasteiger partial charge < -0.3 is 0 Å². The predicted octanol–water partition coefficient (Wildman–Crippen LogP) is 4.62. The van der Waals surface area contributed by atoms with Crippen molar-refractivity contribution in [3.63, 3.8) is 0 Å². The summed E-state index contributed by atoms with van der Waals surface area (Å²) in [7, 11) is 0. The van der Waals surface area contributed by atoms with Gasteiger partial charge in [0, 0.05) is 5.33 Å². The van der Waals surface area contributed by atoms with E-state index < -0.39 is 0 Å². The Hall–Kier alpha value is 0.480. The normalized spacial score (nSPS) is 30.0. The Labute approximate surface area is 86.3 Å². The first-order valence-electron chi connectivity index (χ1n) is 5.42. The van der Waals surface area contributed by atoms with Crippen molar-refractivity contribution in [1.82, 2.24) is 0 Å². The van der Waals surface area contributed by atoms with Crippen LogP contribution in [-0.2, 0) is 0 Å². The number of alkyl halides is 1. The lowest BCUT2D eigenvalue weighted by atomic mass is 10.0. The van der Waals surface area contributed by atoms with Crippen LogP contribution in [-0.4, -0.2) is 5.33 Å². The van der Waals surface area contributed by atoms with Crippen LogP contribution < -0.4 is 0 Å². The summed E-state index contributed by atoms with van der Waals surface area (Å²) in [4.78, 5) is 0.